The van der Waals surface area contributed by atoms with Gasteiger partial charge in [0.2, 0.25) is 5.91 Å². The van der Waals surface area contributed by atoms with Crippen molar-refractivity contribution in [3.63, 3.8) is 0 Å². The lowest BCUT2D eigenvalue weighted by molar-refractivity contribution is -0.119. The van der Waals surface area contributed by atoms with Crippen molar-refractivity contribution in [3.8, 4) is 0 Å². The first-order chi connectivity index (χ1) is 11.3. The van der Waals surface area contributed by atoms with E-state index in [1.54, 1.807) is 19.1 Å². The smallest absolute Gasteiger partial charge is 0.239 e. The normalized spacial score (nSPS) is 11.2. The fourth-order valence-corrected chi connectivity index (χ4v) is 2.55. The Morgan fingerprint density at radius 1 is 1.12 bits per heavy atom. The summed E-state index contributed by atoms with van der Waals surface area (Å²) in [5.41, 5.74) is 3.62. The SMILES string of the molecule is Cc1cc(CNC(=O)CNc2ccccc2C(C)(C)C)ccc1F. The molecule has 0 saturated carbocycles. The van der Waals surface area contributed by atoms with Crippen LogP contribution in [-0.2, 0) is 16.8 Å². The summed E-state index contributed by atoms with van der Waals surface area (Å²) in [5, 5.41) is 6.05. The summed E-state index contributed by atoms with van der Waals surface area (Å²) < 4.78 is 13.2. The highest BCUT2D eigenvalue weighted by molar-refractivity contribution is 5.81. The number of hydrogen-bond acceptors (Lipinski definition) is 2. The van der Waals surface area contributed by atoms with Crippen LogP contribution in [0.5, 0.6) is 0 Å². The van der Waals surface area contributed by atoms with Gasteiger partial charge in [0.15, 0.2) is 0 Å². The Kier molecular flexibility index (Phi) is 5.60. The number of carbonyl (C=O) groups excluding carboxylic acids is 1. The molecular formula is C20H25FN2O. The van der Waals surface area contributed by atoms with Gasteiger partial charge in [0.05, 0.1) is 6.54 Å². The van der Waals surface area contributed by atoms with Crippen LogP contribution in [0.15, 0.2) is 42.5 Å². The first-order valence-corrected chi connectivity index (χ1v) is 8.12. The Morgan fingerprint density at radius 2 is 1.83 bits per heavy atom. The van der Waals surface area contributed by atoms with Crippen LogP contribution in [0.4, 0.5) is 10.1 Å². The lowest BCUT2D eigenvalue weighted by Crippen LogP contribution is -2.30. The molecule has 2 aromatic carbocycles. The Labute approximate surface area is 143 Å². The van der Waals surface area contributed by atoms with Crippen LogP contribution in [0.2, 0.25) is 0 Å². The van der Waals surface area contributed by atoms with Crippen LogP contribution in [0.25, 0.3) is 0 Å². The van der Waals surface area contributed by atoms with Crippen LogP contribution in [0.1, 0.15) is 37.5 Å². The van der Waals surface area contributed by atoms with E-state index in [0.29, 0.717) is 12.1 Å². The number of halogens is 1. The third kappa shape index (κ3) is 4.82. The number of anilines is 1. The molecule has 0 spiro atoms. The van der Waals surface area contributed by atoms with Gasteiger partial charge in [0, 0.05) is 12.2 Å². The van der Waals surface area contributed by atoms with Gasteiger partial charge in [-0.05, 0) is 41.2 Å². The quantitative estimate of drug-likeness (QED) is 0.865. The third-order valence-corrected chi connectivity index (χ3v) is 3.89. The molecule has 0 radical (unpaired) electrons. The summed E-state index contributed by atoms with van der Waals surface area (Å²) in [6.07, 6.45) is 0. The number of aryl methyl sites for hydroxylation is 1. The molecule has 0 aliphatic rings. The van der Waals surface area contributed by atoms with Gasteiger partial charge in [-0.15, -0.1) is 0 Å². The summed E-state index contributed by atoms with van der Waals surface area (Å²) in [6.45, 7) is 8.74. The maximum absolute atomic E-state index is 13.2. The molecule has 2 aromatic rings. The lowest BCUT2D eigenvalue weighted by atomic mass is 9.86. The van der Waals surface area contributed by atoms with Crippen molar-refractivity contribution in [2.24, 2.45) is 0 Å². The number of rotatable bonds is 5. The number of carbonyl (C=O) groups is 1. The second-order valence-electron chi connectivity index (χ2n) is 7.01. The maximum atomic E-state index is 13.2. The van der Waals surface area contributed by atoms with Crippen molar-refractivity contribution >= 4 is 11.6 Å². The summed E-state index contributed by atoms with van der Waals surface area (Å²) in [6, 6.07) is 12.9. The van der Waals surface area contributed by atoms with Crippen LogP contribution in [-0.4, -0.2) is 12.5 Å². The van der Waals surface area contributed by atoms with E-state index >= 15 is 0 Å². The standard InChI is InChI=1S/C20H25FN2O/c1-14-11-15(9-10-17(14)21)12-23-19(24)13-22-18-8-6-5-7-16(18)20(2,3)4/h5-11,22H,12-13H2,1-4H3,(H,23,24). The molecule has 0 fully saturated rings. The van der Waals surface area contributed by atoms with E-state index in [2.05, 4.69) is 37.5 Å². The highest BCUT2D eigenvalue weighted by Gasteiger charge is 2.17. The van der Waals surface area contributed by atoms with Crippen molar-refractivity contribution in [2.75, 3.05) is 11.9 Å². The van der Waals surface area contributed by atoms with Crippen molar-refractivity contribution in [1.82, 2.24) is 5.32 Å². The number of amides is 1. The minimum absolute atomic E-state index is 0.00566. The topological polar surface area (TPSA) is 41.1 Å². The maximum Gasteiger partial charge on any atom is 0.239 e. The fourth-order valence-electron chi connectivity index (χ4n) is 2.55. The van der Waals surface area contributed by atoms with Gasteiger partial charge >= 0.3 is 0 Å². The van der Waals surface area contributed by atoms with E-state index < -0.39 is 0 Å². The molecule has 24 heavy (non-hydrogen) atoms. The van der Waals surface area contributed by atoms with Crippen LogP contribution < -0.4 is 10.6 Å². The monoisotopic (exact) mass is 328 g/mol. The highest BCUT2D eigenvalue weighted by atomic mass is 19.1. The van der Waals surface area contributed by atoms with E-state index in [9.17, 15) is 9.18 Å². The Balaban J connectivity index is 1.91. The van der Waals surface area contributed by atoms with Crippen molar-refractivity contribution < 1.29 is 9.18 Å². The van der Waals surface area contributed by atoms with Crippen molar-refractivity contribution in [3.05, 3.63) is 65.0 Å². The van der Waals surface area contributed by atoms with Crippen molar-refractivity contribution in [1.29, 1.82) is 0 Å². The second kappa shape index (κ2) is 7.47. The zero-order chi connectivity index (χ0) is 17.7. The molecule has 1 amide bonds. The molecule has 0 atom stereocenters. The molecule has 0 aliphatic carbocycles. The molecule has 0 bridgehead atoms. The first kappa shape index (κ1) is 18.0. The van der Waals surface area contributed by atoms with E-state index in [-0.39, 0.29) is 23.7 Å². The van der Waals surface area contributed by atoms with Gasteiger partial charge in [0.1, 0.15) is 5.82 Å². The van der Waals surface area contributed by atoms with E-state index in [1.165, 1.54) is 11.6 Å². The summed E-state index contributed by atoms with van der Waals surface area (Å²) in [7, 11) is 0. The molecule has 0 saturated heterocycles. The first-order valence-electron chi connectivity index (χ1n) is 8.12. The van der Waals surface area contributed by atoms with E-state index in [0.717, 1.165) is 11.3 Å². The lowest BCUT2D eigenvalue weighted by Gasteiger charge is -2.23. The van der Waals surface area contributed by atoms with Gasteiger partial charge in [-0.1, -0.05) is 51.1 Å². The minimum Gasteiger partial charge on any atom is -0.376 e. The predicted molar refractivity (Wildman–Crippen MR) is 96.6 cm³/mol. The number of benzene rings is 2. The second-order valence-corrected chi connectivity index (χ2v) is 7.01. The van der Waals surface area contributed by atoms with Crippen LogP contribution >= 0.6 is 0 Å². The Bertz CT molecular complexity index is 720. The highest BCUT2D eigenvalue weighted by Crippen LogP contribution is 2.28. The molecule has 0 heterocycles. The van der Waals surface area contributed by atoms with Crippen molar-refractivity contribution in [2.45, 2.75) is 39.7 Å². The summed E-state index contributed by atoms with van der Waals surface area (Å²) in [5.74, 6) is -0.328. The van der Waals surface area contributed by atoms with E-state index in [1.807, 2.05) is 18.2 Å². The molecular weight excluding hydrogens is 303 g/mol. The molecule has 0 aromatic heterocycles. The molecule has 4 heteroatoms. The molecule has 2 N–H and O–H groups in total. The molecule has 2 rings (SSSR count). The fraction of sp³-hybridized carbons (Fsp3) is 0.350. The Morgan fingerprint density at radius 3 is 2.50 bits per heavy atom. The van der Waals surface area contributed by atoms with Gasteiger partial charge in [0.25, 0.3) is 0 Å². The zero-order valence-electron chi connectivity index (χ0n) is 14.7. The van der Waals surface area contributed by atoms with E-state index in [4.69, 9.17) is 0 Å². The van der Waals surface area contributed by atoms with Crippen LogP contribution in [0.3, 0.4) is 0 Å². The number of hydrogen-bond donors (Lipinski definition) is 2. The number of para-hydroxylation sites is 1. The van der Waals surface area contributed by atoms with Gasteiger partial charge in [-0.25, -0.2) is 4.39 Å². The largest absolute Gasteiger partial charge is 0.376 e. The minimum atomic E-state index is -0.231. The Hall–Kier alpha value is -2.36. The molecule has 3 nitrogen and oxygen atoms in total. The average molecular weight is 328 g/mol. The zero-order valence-corrected chi connectivity index (χ0v) is 14.7. The molecule has 0 unspecified atom stereocenters. The molecule has 0 aliphatic heterocycles. The van der Waals surface area contributed by atoms with Gasteiger partial charge < -0.3 is 10.6 Å². The molecule has 128 valence electrons. The third-order valence-electron chi connectivity index (χ3n) is 3.89. The average Bonchev–Trinajstić information content (AvgIpc) is 2.53. The number of nitrogens with one attached hydrogen (secondary N) is 2. The summed E-state index contributed by atoms with van der Waals surface area (Å²) in [4.78, 5) is 12.1. The summed E-state index contributed by atoms with van der Waals surface area (Å²) >= 11 is 0. The van der Waals surface area contributed by atoms with Gasteiger partial charge in [-0.2, -0.15) is 0 Å². The van der Waals surface area contributed by atoms with Gasteiger partial charge in [-0.3, -0.25) is 4.79 Å². The predicted octanol–water partition coefficient (Wildman–Crippen LogP) is 4.16. The van der Waals surface area contributed by atoms with Crippen LogP contribution in [0, 0.1) is 12.7 Å².